The van der Waals surface area contributed by atoms with Crippen LogP contribution in [0.15, 0.2) is 26.7 Å². The SMILES string of the molecule is CC1(C)CN(S(=O)(=O)c2cnc3[nH]c(=O)[nH]c(=O)c3c2)CCC1N. The fourth-order valence-corrected chi connectivity index (χ4v) is 4.45. The van der Waals surface area contributed by atoms with Gasteiger partial charge >= 0.3 is 5.69 Å². The maximum Gasteiger partial charge on any atom is 0.327 e. The van der Waals surface area contributed by atoms with Gasteiger partial charge in [0.15, 0.2) is 0 Å². The van der Waals surface area contributed by atoms with Crippen LogP contribution in [-0.4, -0.2) is 46.8 Å². The van der Waals surface area contributed by atoms with Gasteiger partial charge in [-0.2, -0.15) is 4.31 Å². The molecule has 9 nitrogen and oxygen atoms in total. The normalized spacial score (nSPS) is 21.9. The van der Waals surface area contributed by atoms with Gasteiger partial charge in [-0.05, 0) is 17.9 Å². The Morgan fingerprint density at radius 2 is 2.04 bits per heavy atom. The van der Waals surface area contributed by atoms with Crippen molar-refractivity contribution in [2.45, 2.75) is 31.2 Å². The van der Waals surface area contributed by atoms with Crippen molar-refractivity contribution in [2.24, 2.45) is 11.1 Å². The van der Waals surface area contributed by atoms with Crippen LogP contribution in [0.25, 0.3) is 11.0 Å². The fourth-order valence-electron chi connectivity index (χ4n) is 2.85. The first-order chi connectivity index (χ1) is 11.1. The maximum absolute atomic E-state index is 12.9. The summed E-state index contributed by atoms with van der Waals surface area (Å²) >= 11 is 0. The number of nitrogens with two attached hydrogens (primary N) is 1. The molecule has 10 heteroatoms. The van der Waals surface area contributed by atoms with Crippen molar-refractivity contribution in [2.75, 3.05) is 13.1 Å². The van der Waals surface area contributed by atoms with Crippen molar-refractivity contribution in [1.82, 2.24) is 19.3 Å². The first kappa shape index (κ1) is 16.8. The molecular formula is C14H19N5O4S. The average molecular weight is 353 g/mol. The third kappa shape index (κ3) is 2.76. The van der Waals surface area contributed by atoms with E-state index in [0.29, 0.717) is 13.0 Å². The summed E-state index contributed by atoms with van der Waals surface area (Å²) in [6.07, 6.45) is 1.70. The standard InChI is InChI=1S/C14H19N5O4S/c1-14(2)7-19(4-3-10(14)15)24(22,23)8-5-9-11(16-6-8)17-13(21)18-12(9)20/h5-6,10H,3-4,7,15H2,1-2H3,(H2,16,17,18,20,21). The van der Waals surface area contributed by atoms with Crippen LogP contribution in [0, 0.1) is 5.41 Å². The lowest BCUT2D eigenvalue weighted by Gasteiger charge is -2.41. The molecule has 3 rings (SSSR count). The minimum absolute atomic E-state index is 0.0173. The topological polar surface area (TPSA) is 142 Å². The summed E-state index contributed by atoms with van der Waals surface area (Å²) in [5.74, 6) is 0. The molecule has 0 amide bonds. The van der Waals surface area contributed by atoms with Crippen LogP contribution < -0.4 is 17.0 Å². The van der Waals surface area contributed by atoms with Gasteiger partial charge in [0, 0.05) is 25.3 Å². The highest BCUT2D eigenvalue weighted by Gasteiger charge is 2.39. The van der Waals surface area contributed by atoms with Gasteiger partial charge in [-0.15, -0.1) is 0 Å². The number of rotatable bonds is 2. The highest BCUT2D eigenvalue weighted by Crippen LogP contribution is 2.31. The van der Waals surface area contributed by atoms with Gasteiger partial charge in [0.05, 0.1) is 5.39 Å². The highest BCUT2D eigenvalue weighted by atomic mass is 32.2. The molecule has 0 spiro atoms. The summed E-state index contributed by atoms with van der Waals surface area (Å²) in [5, 5.41) is 0.0173. The Bertz CT molecular complexity index is 1010. The van der Waals surface area contributed by atoms with Crippen LogP contribution in [0.2, 0.25) is 0 Å². The molecular weight excluding hydrogens is 334 g/mol. The van der Waals surface area contributed by atoms with Gasteiger partial charge < -0.3 is 5.73 Å². The number of hydrogen-bond acceptors (Lipinski definition) is 6. The minimum atomic E-state index is -3.80. The predicted molar refractivity (Wildman–Crippen MR) is 88.1 cm³/mol. The molecule has 130 valence electrons. The minimum Gasteiger partial charge on any atom is -0.327 e. The number of piperidine rings is 1. The van der Waals surface area contributed by atoms with E-state index >= 15 is 0 Å². The molecule has 0 saturated carbocycles. The Kier molecular flexibility index (Phi) is 3.85. The Morgan fingerprint density at radius 1 is 1.33 bits per heavy atom. The molecule has 1 fully saturated rings. The third-order valence-corrected chi connectivity index (χ3v) is 6.29. The molecule has 1 aliphatic rings. The smallest absolute Gasteiger partial charge is 0.327 e. The molecule has 1 aliphatic heterocycles. The first-order valence-electron chi connectivity index (χ1n) is 7.49. The maximum atomic E-state index is 12.9. The fraction of sp³-hybridized carbons (Fsp3) is 0.500. The Morgan fingerprint density at radius 3 is 2.71 bits per heavy atom. The van der Waals surface area contributed by atoms with Gasteiger partial charge in [0.2, 0.25) is 10.0 Å². The lowest BCUT2D eigenvalue weighted by atomic mass is 9.81. The molecule has 0 bridgehead atoms. The van der Waals surface area contributed by atoms with Crippen molar-refractivity contribution < 1.29 is 8.42 Å². The van der Waals surface area contributed by atoms with Crippen LogP contribution in [0.5, 0.6) is 0 Å². The van der Waals surface area contributed by atoms with Crippen LogP contribution >= 0.6 is 0 Å². The zero-order valence-corrected chi connectivity index (χ0v) is 14.2. The van der Waals surface area contributed by atoms with E-state index in [9.17, 15) is 18.0 Å². The van der Waals surface area contributed by atoms with E-state index in [4.69, 9.17) is 5.73 Å². The summed E-state index contributed by atoms with van der Waals surface area (Å²) < 4.78 is 27.1. The zero-order valence-electron chi connectivity index (χ0n) is 13.4. The molecule has 0 aliphatic carbocycles. The van der Waals surface area contributed by atoms with E-state index in [1.807, 2.05) is 13.8 Å². The quantitative estimate of drug-likeness (QED) is 0.655. The zero-order chi connectivity index (χ0) is 17.7. The van der Waals surface area contributed by atoms with E-state index in [1.165, 1.54) is 10.4 Å². The van der Waals surface area contributed by atoms with E-state index in [1.54, 1.807) is 0 Å². The van der Waals surface area contributed by atoms with Gasteiger partial charge in [-0.3, -0.25) is 14.8 Å². The number of aromatic nitrogens is 3. The molecule has 3 heterocycles. The Balaban J connectivity index is 2.06. The monoisotopic (exact) mass is 353 g/mol. The number of nitrogens with zero attached hydrogens (tertiary/aromatic N) is 2. The number of pyridine rings is 1. The molecule has 2 aromatic heterocycles. The van der Waals surface area contributed by atoms with E-state index < -0.39 is 21.3 Å². The summed E-state index contributed by atoms with van der Waals surface area (Å²) in [6.45, 7) is 4.45. The average Bonchev–Trinajstić information content (AvgIpc) is 2.49. The summed E-state index contributed by atoms with van der Waals surface area (Å²) in [4.78, 5) is 31.4. The van der Waals surface area contributed by atoms with E-state index in [-0.39, 0.29) is 33.9 Å². The van der Waals surface area contributed by atoms with Crippen LogP contribution in [0.1, 0.15) is 20.3 Å². The number of hydrogen-bond donors (Lipinski definition) is 3. The molecule has 0 radical (unpaired) electrons. The van der Waals surface area contributed by atoms with Crippen molar-refractivity contribution in [1.29, 1.82) is 0 Å². The second kappa shape index (κ2) is 5.50. The lowest BCUT2D eigenvalue weighted by Crippen LogP contribution is -2.53. The molecule has 2 aromatic rings. The van der Waals surface area contributed by atoms with Crippen molar-refractivity contribution in [3.63, 3.8) is 0 Å². The molecule has 24 heavy (non-hydrogen) atoms. The first-order valence-corrected chi connectivity index (χ1v) is 8.93. The second-order valence-electron chi connectivity index (χ2n) is 6.70. The summed E-state index contributed by atoms with van der Waals surface area (Å²) in [6, 6.07) is 1.15. The number of sulfonamides is 1. The number of fused-ring (bicyclic) bond motifs is 1. The molecule has 0 aromatic carbocycles. The second-order valence-corrected chi connectivity index (χ2v) is 8.64. The van der Waals surface area contributed by atoms with E-state index in [0.717, 1.165) is 6.20 Å². The number of nitrogens with one attached hydrogen (secondary N) is 2. The lowest BCUT2D eigenvalue weighted by molar-refractivity contribution is 0.155. The summed E-state index contributed by atoms with van der Waals surface area (Å²) in [5.41, 5.74) is 4.37. The Labute approximate surface area is 138 Å². The highest BCUT2D eigenvalue weighted by molar-refractivity contribution is 7.89. The molecule has 4 N–H and O–H groups in total. The van der Waals surface area contributed by atoms with Crippen molar-refractivity contribution in [3.8, 4) is 0 Å². The molecule has 1 unspecified atom stereocenters. The van der Waals surface area contributed by atoms with Crippen LogP contribution in [0.3, 0.4) is 0 Å². The molecule has 1 saturated heterocycles. The van der Waals surface area contributed by atoms with Crippen LogP contribution in [-0.2, 0) is 10.0 Å². The summed E-state index contributed by atoms with van der Waals surface area (Å²) in [7, 11) is -3.80. The van der Waals surface area contributed by atoms with Gasteiger partial charge in [0.25, 0.3) is 5.56 Å². The van der Waals surface area contributed by atoms with Crippen molar-refractivity contribution in [3.05, 3.63) is 33.1 Å². The van der Waals surface area contributed by atoms with Gasteiger partial charge in [-0.25, -0.2) is 18.2 Å². The van der Waals surface area contributed by atoms with Gasteiger partial charge in [-0.1, -0.05) is 13.8 Å². The Hall–Kier alpha value is -2.04. The molecule has 1 atom stereocenters. The van der Waals surface area contributed by atoms with Crippen molar-refractivity contribution >= 4 is 21.1 Å². The largest absolute Gasteiger partial charge is 0.327 e. The van der Waals surface area contributed by atoms with Crippen LogP contribution in [0.4, 0.5) is 0 Å². The third-order valence-electron chi connectivity index (χ3n) is 4.48. The van der Waals surface area contributed by atoms with Gasteiger partial charge in [0.1, 0.15) is 10.5 Å². The predicted octanol–water partition coefficient (Wildman–Crippen LogP) is -0.641. The number of aromatic amines is 2. The van der Waals surface area contributed by atoms with E-state index in [2.05, 4.69) is 15.0 Å². The number of H-pyrrole nitrogens is 2.